The van der Waals surface area contributed by atoms with Crippen molar-refractivity contribution in [3.05, 3.63) is 63.7 Å². The van der Waals surface area contributed by atoms with Gasteiger partial charge in [-0.3, -0.25) is 24.6 Å². The van der Waals surface area contributed by atoms with Crippen LogP contribution in [-0.2, 0) is 22.4 Å². The second-order valence-electron chi connectivity index (χ2n) is 10.4. The first-order valence-electron chi connectivity index (χ1n) is 13.4. The standard InChI is InChI=1S/C28H35N5O5/c1-38-23-7-4-20(5-8-23)10-11-29-28(35)24-17-21-16-22(33(36)37)6-9-25(21)32-15-14-30(18-26(24)32)19-27(34)31-12-2-3-13-31/h4-9,16,24,26H,2-3,10-15,17-19H2,1H3,(H,29,35)/t24-,26+/m1/s1. The van der Waals surface area contributed by atoms with Crippen molar-refractivity contribution in [1.29, 1.82) is 0 Å². The number of carbonyl (C=O) groups is 2. The van der Waals surface area contributed by atoms with E-state index in [-0.39, 0.29) is 29.5 Å². The molecular formula is C28H35N5O5. The number of likely N-dealkylation sites (tertiary alicyclic amines) is 1. The van der Waals surface area contributed by atoms with E-state index in [9.17, 15) is 19.7 Å². The number of methoxy groups -OCH3 is 1. The summed E-state index contributed by atoms with van der Waals surface area (Å²) < 4.78 is 5.21. The molecule has 10 nitrogen and oxygen atoms in total. The Balaban J connectivity index is 1.30. The van der Waals surface area contributed by atoms with Gasteiger partial charge in [0.15, 0.2) is 0 Å². The fourth-order valence-electron chi connectivity index (χ4n) is 5.94. The van der Waals surface area contributed by atoms with Gasteiger partial charge in [-0.1, -0.05) is 12.1 Å². The quantitative estimate of drug-likeness (QED) is 0.419. The molecule has 0 aliphatic carbocycles. The highest BCUT2D eigenvalue weighted by Crippen LogP contribution is 2.38. The van der Waals surface area contributed by atoms with Gasteiger partial charge in [-0.05, 0) is 55.0 Å². The van der Waals surface area contributed by atoms with Gasteiger partial charge in [0.05, 0.1) is 30.5 Å². The largest absolute Gasteiger partial charge is 0.497 e. The van der Waals surface area contributed by atoms with Crippen molar-refractivity contribution in [3.8, 4) is 5.75 Å². The first-order chi connectivity index (χ1) is 18.4. The van der Waals surface area contributed by atoms with Gasteiger partial charge in [0.2, 0.25) is 11.8 Å². The predicted octanol–water partition coefficient (Wildman–Crippen LogP) is 2.25. The molecule has 0 aromatic heterocycles. The van der Waals surface area contributed by atoms with Crippen LogP contribution in [0.2, 0.25) is 0 Å². The summed E-state index contributed by atoms with van der Waals surface area (Å²) in [6.07, 6.45) is 3.24. The molecule has 3 aliphatic heterocycles. The van der Waals surface area contributed by atoms with E-state index in [1.54, 1.807) is 13.2 Å². The number of hydrogen-bond acceptors (Lipinski definition) is 7. The van der Waals surface area contributed by atoms with Crippen molar-refractivity contribution in [1.82, 2.24) is 15.1 Å². The van der Waals surface area contributed by atoms with Crippen molar-refractivity contribution in [2.75, 3.05) is 57.8 Å². The lowest BCUT2D eigenvalue weighted by Gasteiger charge is -2.49. The monoisotopic (exact) mass is 521 g/mol. The lowest BCUT2D eigenvalue weighted by atomic mass is 9.83. The van der Waals surface area contributed by atoms with Gasteiger partial charge in [0.25, 0.3) is 5.69 Å². The van der Waals surface area contributed by atoms with E-state index < -0.39 is 4.92 Å². The molecule has 0 unspecified atom stereocenters. The number of non-ortho nitro benzene ring substituents is 1. The van der Waals surface area contributed by atoms with Gasteiger partial charge in [0.1, 0.15) is 5.75 Å². The molecule has 0 bridgehead atoms. The minimum absolute atomic E-state index is 0.0377. The molecule has 3 heterocycles. The molecule has 0 spiro atoms. The zero-order valence-corrected chi connectivity index (χ0v) is 21.8. The summed E-state index contributed by atoms with van der Waals surface area (Å²) in [5.41, 5.74) is 2.91. The van der Waals surface area contributed by atoms with E-state index in [1.165, 1.54) is 6.07 Å². The molecule has 2 fully saturated rings. The molecule has 2 aromatic rings. The highest BCUT2D eigenvalue weighted by Gasteiger charge is 2.42. The molecule has 10 heteroatoms. The summed E-state index contributed by atoms with van der Waals surface area (Å²) in [6, 6.07) is 12.6. The SMILES string of the molecule is COc1ccc(CCNC(=O)[C@@H]2Cc3cc([N+](=O)[O-])ccc3N3CCN(CC(=O)N4CCCC4)C[C@@H]23)cc1. The Hall–Kier alpha value is -3.66. The number of fused-ring (bicyclic) bond motifs is 3. The summed E-state index contributed by atoms with van der Waals surface area (Å²) in [4.78, 5) is 43.7. The minimum Gasteiger partial charge on any atom is -0.497 e. The van der Waals surface area contributed by atoms with Crippen LogP contribution in [0.4, 0.5) is 11.4 Å². The zero-order chi connectivity index (χ0) is 26.6. The summed E-state index contributed by atoms with van der Waals surface area (Å²) in [6.45, 7) is 4.49. The lowest BCUT2D eigenvalue weighted by molar-refractivity contribution is -0.384. The maximum Gasteiger partial charge on any atom is 0.269 e. The Morgan fingerprint density at radius 3 is 2.55 bits per heavy atom. The van der Waals surface area contributed by atoms with Crippen LogP contribution in [0.3, 0.4) is 0 Å². The van der Waals surface area contributed by atoms with Crippen molar-refractivity contribution in [2.24, 2.45) is 5.92 Å². The number of anilines is 1. The van der Waals surface area contributed by atoms with Gasteiger partial charge < -0.3 is 19.9 Å². The summed E-state index contributed by atoms with van der Waals surface area (Å²) >= 11 is 0. The number of nitrogens with zero attached hydrogens (tertiary/aromatic N) is 4. The van der Waals surface area contributed by atoms with Crippen LogP contribution in [0.5, 0.6) is 5.75 Å². The van der Waals surface area contributed by atoms with Crippen LogP contribution in [0, 0.1) is 16.0 Å². The number of benzene rings is 2. The van der Waals surface area contributed by atoms with E-state index in [0.717, 1.165) is 48.5 Å². The van der Waals surface area contributed by atoms with Gasteiger partial charge in [0, 0.05) is 57.1 Å². The molecule has 2 atom stereocenters. The number of piperazine rings is 1. The van der Waals surface area contributed by atoms with Crippen molar-refractivity contribution in [2.45, 2.75) is 31.7 Å². The van der Waals surface area contributed by atoms with E-state index in [2.05, 4.69) is 15.1 Å². The molecule has 1 N–H and O–H groups in total. The number of nitro groups is 1. The third kappa shape index (κ3) is 5.60. The topological polar surface area (TPSA) is 108 Å². The van der Waals surface area contributed by atoms with Crippen molar-refractivity contribution >= 4 is 23.2 Å². The molecule has 0 radical (unpaired) electrons. The Kier molecular flexibility index (Phi) is 7.78. The Morgan fingerprint density at radius 2 is 1.84 bits per heavy atom. The second kappa shape index (κ2) is 11.4. The zero-order valence-electron chi connectivity index (χ0n) is 21.8. The molecule has 5 rings (SSSR count). The first kappa shape index (κ1) is 26.0. The predicted molar refractivity (Wildman–Crippen MR) is 143 cm³/mol. The molecule has 2 saturated heterocycles. The van der Waals surface area contributed by atoms with Crippen molar-refractivity contribution < 1.29 is 19.2 Å². The average Bonchev–Trinajstić information content (AvgIpc) is 3.48. The number of rotatable bonds is 8. The van der Waals surface area contributed by atoms with E-state index >= 15 is 0 Å². The Labute approximate surface area is 222 Å². The van der Waals surface area contributed by atoms with E-state index in [4.69, 9.17) is 4.74 Å². The number of amides is 2. The molecule has 0 saturated carbocycles. The molecule has 38 heavy (non-hydrogen) atoms. The van der Waals surface area contributed by atoms with Gasteiger partial charge in [-0.2, -0.15) is 0 Å². The van der Waals surface area contributed by atoms with Crippen LogP contribution in [-0.4, -0.2) is 85.5 Å². The molecule has 2 amide bonds. The maximum absolute atomic E-state index is 13.5. The third-order valence-electron chi connectivity index (χ3n) is 8.02. The summed E-state index contributed by atoms with van der Waals surface area (Å²) in [5, 5.41) is 14.5. The van der Waals surface area contributed by atoms with Crippen LogP contribution in [0.15, 0.2) is 42.5 Å². The van der Waals surface area contributed by atoms with Gasteiger partial charge >= 0.3 is 0 Å². The fraction of sp³-hybridized carbons (Fsp3) is 0.500. The van der Waals surface area contributed by atoms with Gasteiger partial charge in [-0.15, -0.1) is 0 Å². The number of carbonyl (C=O) groups excluding carboxylic acids is 2. The summed E-state index contributed by atoms with van der Waals surface area (Å²) in [7, 11) is 1.63. The van der Waals surface area contributed by atoms with E-state index in [1.807, 2.05) is 35.2 Å². The molecular weight excluding hydrogens is 486 g/mol. The highest BCUT2D eigenvalue weighted by atomic mass is 16.6. The fourth-order valence-corrected chi connectivity index (χ4v) is 5.94. The Morgan fingerprint density at radius 1 is 1.08 bits per heavy atom. The molecule has 202 valence electrons. The normalized spacial score (nSPS) is 21.0. The smallest absolute Gasteiger partial charge is 0.269 e. The second-order valence-corrected chi connectivity index (χ2v) is 10.4. The Bertz CT molecular complexity index is 1180. The number of nitro benzene ring substituents is 1. The van der Waals surface area contributed by atoms with Crippen LogP contribution in [0.1, 0.15) is 24.0 Å². The minimum atomic E-state index is -0.391. The van der Waals surface area contributed by atoms with E-state index in [0.29, 0.717) is 45.6 Å². The van der Waals surface area contributed by atoms with Crippen LogP contribution >= 0.6 is 0 Å². The third-order valence-corrected chi connectivity index (χ3v) is 8.02. The van der Waals surface area contributed by atoms with Crippen LogP contribution in [0.25, 0.3) is 0 Å². The van der Waals surface area contributed by atoms with Crippen LogP contribution < -0.4 is 15.0 Å². The first-order valence-corrected chi connectivity index (χ1v) is 13.4. The highest BCUT2D eigenvalue weighted by molar-refractivity contribution is 5.82. The number of ether oxygens (including phenoxy) is 1. The van der Waals surface area contributed by atoms with Crippen molar-refractivity contribution in [3.63, 3.8) is 0 Å². The molecule has 3 aliphatic rings. The lowest BCUT2D eigenvalue weighted by Crippen LogP contribution is -2.62. The number of hydrogen-bond donors (Lipinski definition) is 1. The summed E-state index contributed by atoms with van der Waals surface area (Å²) in [5.74, 6) is 0.518. The van der Waals surface area contributed by atoms with Gasteiger partial charge in [-0.25, -0.2) is 0 Å². The average molecular weight is 522 g/mol. The molecule has 2 aromatic carbocycles. The maximum atomic E-state index is 13.5. The number of nitrogens with one attached hydrogen (secondary N) is 1.